The molecule has 0 aromatic heterocycles. The van der Waals surface area contributed by atoms with Gasteiger partial charge in [-0.15, -0.1) is 0 Å². The van der Waals surface area contributed by atoms with E-state index in [0.717, 1.165) is 36.0 Å². The Morgan fingerprint density at radius 2 is 1.52 bits per heavy atom. The molecule has 2 N–H and O–H groups in total. The van der Waals surface area contributed by atoms with Crippen LogP contribution < -0.4 is 0 Å². The minimum atomic E-state index is -0.737. The molecule has 0 saturated heterocycles. The van der Waals surface area contributed by atoms with E-state index < -0.39 is 11.4 Å². The molecule has 3 nitrogen and oxygen atoms in total. The van der Waals surface area contributed by atoms with Crippen molar-refractivity contribution in [1.82, 2.24) is 0 Å². The largest absolute Gasteiger partial charge is 0.507 e. The first-order valence-corrected chi connectivity index (χ1v) is 9.40. The Kier molecular flexibility index (Phi) is 5.02. The molecule has 0 spiro atoms. The van der Waals surface area contributed by atoms with E-state index in [1.807, 2.05) is 6.92 Å². The number of carboxylic acids is 1. The molecule has 0 heterocycles. The van der Waals surface area contributed by atoms with E-state index in [1.54, 1.807) is 0 Å². The van der Waals surface area contributed by atoms with Gasteiger partial charge < -0.3 is 10.2 Å². The third kappa shape index (κ3) is 3.70. The first-order chi connectivity index (χ1) is 11.3. The Bertz CT molecular complexity index is 626. The summed E-state index contributed by atoms with van der Waals surface area (Å²) in [6.45, 7) is 14.4. The lowest BCUT2D eigenvalue weighted by molar-refractivity contribution is -0.151. The van der Waals surface area contributed by atoms with Crippen LogP contribution in [0.5, 0.6) is 5.75 Å². The number of carbonyl (C=O) groups is 1. The third-order valence-corrected chi connectivity index (χ3v) is 5.85. The second-order valence-electron chi connectivity index (χ2n) is 9.99. The van der Waals surface area contributed by atoms with Crippen LogP contribution in [0.25, 0.3) is 0 Å². The molecule has 0 unspecified atom stereocenters. The third-order valence-electron chi connectivity index (χ3n) is 5.85. The summed E-state index contributed by atoms with van der Waals surface area (Å²) in [6, 6.07) is 4.11. The van der Waals surface area contributed by atoms with Crippen LogP contribution in [0, 0.1) is 5.41 Å². The fourth-order valence-electron chi connectivity index (χ4n) is 4.13. The van der Waals surface area contributed by atoms with Crippen molar-refractivity contribution in [1.29, 1.82) is 0 Å². The summed E-state index contributed by atoms with van der Waals surface area (Å²) in [5, 5.41) is 20.8. The van der Waals surface area contributed by atoms with Crippen LogP contribution in [0.3, 0.4) is 0 Å². The first-order valence-electron chi connectivity index (χ1n) is 9.40. The maximum Gasteiger partial charge on any atom is 0.309 e. The van der Waals surface area contributed by atoms with E-state index in [4.69, 9.17) is 0 Å². The van der Waals surface area contributed by atoms with Crippen molar-refractivity contribution in [2.24, 2.45) is 5.41 Å². The van der Waals surface area contributed by atoms with Gasteiger partial charge in [0.25, 0.3) is 0 Å². The Morgan fingerprint density at radius 1 is 1.04 bits per heavy atom. The van der Waals surface area contributed by atoms with Gasteiger partial charge in [-0.2, -0.15) is 0 Å². The lowest BCUT2D eigenvalue weighted by Gasteiger charge is -2.39. The van der Waals surface area contributed by atoms with Crippen molar-refractivity contribution in [2.45, 2.75) is 90.9 Å². The minimum Gasteiger partial charge on any atom is -0.507 e. The molecule has 1 aromatic rings. The molecule has 0 aliphatic heterocycles. The summed E-state index contributed by atoms with van der Waals surface area (Å²) in [4.78, 5) is 12.0. The molecule has 2 atom stereocenters. The second kappa shape index (κ2) is 6.34. The number of hydrogen-bond acceptors (Lipinski definition) is 2. The average Bonchev–Trinajstić information content (AvgIpc) is 2.45. The van der Waals surface area contributed by atoms with Gasteiger partial charge in [0.15, 0.2) is 0 Å². The topological polar surface area (TPSA) is 57.5 Å². The van der Waals surface area contributed by atoms with E-state index in [9.17, 15) is 15.0 Å². The number of hydrogen-bond donors (Lipinski definition) is 2. The smallest absolute Gasteiger partial charge is 0.309 e. The number of phenols is 1. The molecule has 0 bridgehead atoms. The van der Waals surface area contributed by atoms with E-state index in [1.165, 1.54) is 0 Å². The molecule has 1 saturated carbocycles. The number of aromatic hydroxyl groups is 1. The zero-order valence-corrected chi connectivity index (χ0v) is 16.9. The van der Waals surface area contributed by atoms with Crippen LogP contribution in [-0.2, 0) is 15.6 Å². The van der Waals surface area contributed by atoms with Crippen LogP contribution in [0.15, 0.2) is 12.1 Å². The van der Waals surface area contributed by atoms with Crippen LogP contribution in [-0.4, -0.2) is 16.2 Å². The summed E-state index contributed by atoms with van der Waals surface area (Å²) in [5.41, 5.74) is 1.75. The van der Waals surface area contributed by atoms with Gasteiger partial charge in [0, 0.05) is 0 Å². The second-order valence-corrected chi connectivity index (χ2v) is 9.99. The molecular formula is C22H34O3. The zero-order valence-electron chi connectivity index (χ0n) is 16.9. The van der Waals surface area contributed by atoms with E-state index >= 15 is 0 Å². The summed E-state index contributed by atoms with van der Waals surface area (Å²) < 4.78 is 0. The van der Waals surface area contributed by atoms with Crippen molar-refractivity contribution in [3.05, 3.63) is 28.8 Å². The van der Waals surface area contributed by atoms with Crippen LogP contribution in [0.1, 0.15) is 96.8 Å². The van der Waals surface area contributed by atoms with Crippen molar-refractivity contribution in [3.8, 4) is 5.75 Å². The number of rotatable bonds is 2. The standard InChI is InChI=1S/C22H34O3/c1-20(2,3)16-12-14(13-17(18(16)23)21(4,5)6)15-10-8-9-11-22(15,7)19(24)25/h12-13,15,23H,8-11H2,1-7H3,(H,24,25)/t15-,22-/m0/s1. The van der Waals surface area contributed by atoms with Crippen molar-refractivity contribution < 1.29 is 15.0 Å². The summed E-state index contributed by atoms with van der Waals surface area (Å²) in [7, 11) is 0. The summed E-state index contributed by atoms with van der Waals surface area (Å²) >= 11 is 0. The quantitative estimate of drug-likeness (QED) is 0.718. The molecule has 0 amide bonds. The Labute approximate surface area is 152 Å². The maximum atomic E-state index is 12.0. The highest BCUT2D eigenvalue weighted by molar-refractivity contribution is 5.76. The molecule has 3 heteroatoms. The molecule has 2 rings (SSSR count). The maximum absolute atomic E-state index is 12.0. The van der Waals surface area contributed by atoms with Gasteiger partial charge in [0.1, 0.15) is 5.75 Å². The molecule has 1 aromatic carbocycles. The SMILES string of the molecule is CC(C)(C)c1cc([C@@H]2CCCC[C@]2(C)C(=O)O)cc(C(C)(C)C)c1O. The van der Waals surface area contributed by atoms with Gasteiger partial charge in [-0.1, -0.05) is 66.5 Å². The average molecular weight is 347 g/mol. The summed E-state index contributed by atoms with van der Waals surface area (Å²) in [6.07, 6.45) is 3.63. The fourth-order valence-corrected chi connectivity index (χ4v) is 4.13. The summed E-state index contributed by atoms with van der Waals surface area (Å²) in [5.74, 6) is -0.363. The van der Waals surface area contributed by atoms with Gasteiger partial charge >= 0.3 is 5.97 Å². The molecular weight excluding hydrogens is 312 g/mol. The van der Waals surface area contributed by atoms with E-state index in [2.05, 4.69) is 53.7 Å². The predicted octanol–water partition coefficient (Wildman–Crippen LogP) is 5.74. The highest BCUT2D eigenvalue weighted by Gasteiger charge is 2.44. The first kappa shape index (κ1) is 19.8. The molecule has 25 heavy (non-hydrogen) atoms. The number of carboxylic acid groups (broad SMARTS) is 1. The lowest BCUT2D eigenvalue weighted by Crippen LogP contribution is -2.37. The number of phenolic OH excluding ortho intramolecular Hbond substituents is 1. The van der Waals surface area contributed by atoms with Crippen molar-refractivity contribution in [3.63, 3.8) is 0 Å². The predicted molar refractivity (Wildman–Crippen MR) is 102 cm³/mol. The van der Waals surface area contributed by atoms with Crippen LogP contribution >= 0.6 is 0 Å². The van der Waals surface area contributed by atoms with Gasteiger partial charge in [0.2, 0.25) is 0 Å². The molecule has 1 aliphatic carbocycles. The van der Waals surface area contributed by atoms with Gasteiger partial charge in [-0.3, -0.25) is 4.79 Å². The molecule has 1 fully saturated rings. The molecule has 1 aliphatic rings. The van der Waals surface area contributed by atoms with Crippen molar-refractivity contribution >= 4 is 5.97 Å². The molecule has 140 valence electrons. The minimum absolute atomic E-state index is 0.0125. The normalized spacial score (nSPS) is 25.0. The fraction of sp³-hybridized carbons (Fsp3) is 0.682. The van der Waals surface area contributed by atoms with Crippen LogP contribution in [0.2, 0.25) is 0 Å². The highest BCUT2D eigenvalue weighted by Crippen LogP contribution is 2.50. The number of benzene rings is 1. The van der Waals surface area contributed by atoms with Gasteiger partial charge in [0.05, 0.1) is 5.41 Å². The Morgan fingerprint density at radius 3 is 1.92 bits per heavy atom. The van der Waals surface area contributed by atoms with Gasteiger partial charge in [-0.05, 0) is 53.2 Å². The van der Waals surface area contributed by atoms with Gasteiger partial charge in [-0.25, -0.2) is 0 Å². The molecule has 0 radical (unpaired) electrons. The Hall–Kier alpha value is -1.51. The monoisotopic (exact) mass is 346 g/mol. The van der Waals surface area contributed by atoms with E-state index in [0.29, 0.717) is 12.2 Å². The zero-order chi connectivity index (χ0) is 19.2. The number of aliphatic carboxylic acids is 1. The Balaban J connectivity index is 2.71. The lowest BCUT2D eigenvalue weighted by atomic mass is 9.63. The van der Waals surface area contributed by atoms with Crippen molar-refractivity contribution in [2.75, 3.05) is 0 Å². The highest BCUT2D eigenvalue weighted by atomic mass is 16.4. The van der Waals surface area contributed by atoms with Crippen LogP contribution in [0.4, 0.5) is 0 Å². The van der Waals surface area contributed by atoms with E-state index in [-0.39, 0.29) is 16.7 Å².